The highest BCUT2D eigenvalue weighted by Gasteiger charge is 1.97. The number of esters is 1. The van der Waals surface area contributed by atoms with E-state index in [1.807, 2.05) is 49.4 Å². The molecule has 0 radical (unpaired) electrons. The summed E-state index contributed by atoms with van der Waals surface area (Å²) >= 11 is 1.73. The highest BCUT2D eigenvalue weighted by atomic mass is 32.2. The van der Waals surface area contributed by atoms with Gasteiger partial charge in [0.25, 0.3) is 0 Å². The number of methoxy groups -OCH3 is 1. The largest absolute Gasteiger partial charge is 0.497 e. The van der Waals surface area contributed by atoms with E-state index in [-0.39, 0.29) is 5.97 Å². The van der Waals surface area contributed by atoms with Crippen molar-refractivity contribution in [2.45, 2.75) is 6.92 Å². The molecule has 0 bridgehead atoms. The maximum Gasteiger partial charge on any atom is 0.330 e. The van der Waals surface area contributed by atoms with Gasteiger partial charge in [0.2, 0.25) is 0 Å². The number of hydrogen-bond acceptors (Lipinski definition) is 4. The second kappa shape index (κ2) is 11.7. The van der Waals surface area contributed by atoms with Crippen molar-refractivity contribution in [3.8, 4) is 5.75 Å². The van der Waals surface area contributed by atoms with Gasteiger partial charge in [0.05, 0.1) is 7.11 Å². The molecule has 1 aromatic rings. The summed E-state index contributed by atoms with van der Waals surface area (Å²) in [5, 5.41) is 0. The lowest BCUT2D eigenvalue weighted by atomic mass is 10.2. The first-order valence-electron chi connectivity index (χ1n) is 7.10. The van der Waals surface area contributed by atoms with Gasteiger partial charge in [-0.25, -0.2) is 4.79 Å². The topological polar surface area (TPSA) is 35.5 Å². The van der Waals surface area contributed by atoms with Gasteiger partial charge < -0.3 is 9.47 Å². The molecule has 1 aromatic carbocycles. The molecule has 0 amide bonds. The summed E-state index contributed by atoms with van der Waals surface area (Å²) in [5.41, 5.74) is 0.932. The van der Waals surface area contributed by atoms with Crippen molar-refractivity contribution >= 4 is 23.8 Å². The third kappa shape index (κ3) is 8.37. The van der Waals surface area contributed by atoms with Crippen LogP contribution in [-0.2, 0) is 9.53 Å². The molecule has 0 aromatic heterocycles. The zero-order chi connectivity index (χ0) is 16.0. The van der Waals surface area contributed by atoms with E-state index in [1.54, 1.807) is 24.9 Å². The fourth-order valence-electron chi connectivity index (χ4n) is 1.53. The zero-order valence-electron chi connectivity index (χ0n) is 13.0. The molecule has 1 rings (SSSR count). The van der Waals surface area contributed by atoms with Crippen molar-refractivity contribution < 1.29 is 14.3 Å². The maximum absolute atomic E-state index is 11.5. The van der Waals surface area contributed by atoms with E-state index in [4.69, 9.17) is 9.47 Å². The summed E-state index contributed by atoms with van der Waals surface area (Å²) in [6.45, 7) is 2.41. The molecule has 0 saturated heterocycles. The molecule has 0 saturated carbocycles. The first-order chi connectivity index (χ1) is 10.8. The van der Waals surface area contributed by atoms with Gasteiger partial charge in [0.1, 0.15) is 12.4 Å². The number of allylic oxidation sites excluding steroid dienone is 3. The van der Waals surface area contributed by atoms with Gasteiger partial charge in [-0.3, -0.25) is 0 Å². The standard InChI is InChI=1S/C18H22O3S/c1-3-4-5-6-14-22-15-13-21-18(19)12-9-16-7-10-17(20-2)11-8-16/h3-12H,13-15H2,1-2H3/b4-3+,6-5+,12-9?. The second-order valence-electron chi connectivity index (χ2n) is 4.30. The lowest BCUT2D eigenvalue weighted by Gasteiger charge is -2.01. The monoisotopic (exact) mass is 318 g/mol. The van der Waals surface area contributed by atoms with E-state index < -0.39 is 0 Å². The van der Waals surface area contributed by atoms with Crippen LogP contribution in [0.1, 0.15) is 12.5 Å². The summed E-state index contributed by atoms with van der Waals surface area (Å²) in [6, 6.07) is 7.47. The van der Waals surface area contributed by atoms with Crippen LogP contribution >= 0.6 is 11.8 Å². The average Bonchev–Trinajstić information content (AvgIpc) is 2.56. The summed E-state index contributed by atoms with van der Waals surface area (Å²) in [6.07, 6.45) is 11.2. The van der Waals surface area contributed by atoms with Gasteiger partial charge in [0, 0.05) is 17.6 Å². The molecule has 22 heavy (non-hydrogen) atoms. The van der Waals surface area contributed by atoms with Gasteiger partial charge in [-0.2, -0.15) is 11.8 Å². The Morgan fingerprint density at radius 2 is 2.00 bits per heavy atom. The first kappa shape index (κ1) is 18.1. The normalized spacial score (nSPS) is 11.5. The van der Waals surface area contributed by atoms with Crippen molar-refractivity contribution in [1.29, 1.82) is 0 Å². The number of ether oxygens (including phenoxy) is 2. The molecule has 0 atom stereocenters. The van der Waals surface area contributed by atoms with Crippen molar-refractivity contribution in [2.24, 2.45) is 0 Å². The summed E-state index contributed by atoms with van der Waals surface area (Å²) in [5.74, 6) is 2.19. The van der Waals surface area contributed by atoms with Crippen LogP contribution in [0.3, 0.4) is 0 Å². The molecule has 0 aliphatic carbocycles. The number of rotatable bonds is 9. The van der Waals surface area contributed by atoms with E-state index in [0.29, 0.717) is 6.61 Å². The minimum absolute atomic E-state index is 0.319. The first-order valence-corrected chi connectivity index (χ1v) is 8.26. The third-order valence-corrected chi connectivity index (χ3v) is 3.54. The van der Waals surface area contributed by atoms with Crippen LogP contribution in [0, 0.1) is 0 Å². The van der Waals surface area contributed by atoms with Crippen LogP contribution in [0.4, 0.5) is 0 Å². The summed E-state index contributed by atoms with van der Waals surface area (Å²) in [7, 11) is 1.62. The number of carbonyl (C=O) groups is 1. The molecule has 4 heteroatoms. The lowest BCUT2D eigenvalue weighted by Crippen LogP contribution is -2.04. The summed E-state index contributed by atoms with van der Waals surface area (Å²) in [4.78, 5) is 11.5. The van der Waals surface area contributed by atoms with Gasteiger partial charge in [-0.05, 0) is 30.7 Å². The smallest absolute Gasteiger partial charge is 0.330 e. The highest BCUT2D eigenvalue weighted by molar-refractivity contribution is 7.99. The second-order valence-corrected chi connectivity index (χ2v) is 5.45. The van der Waals surface area contributed by atoms with E-state index in [9.17, 15) is 4.79 Å². The Balaban J connectivity index is 2.18. The van der Waals surface area contributed by atoms with Crippen LogP contribution in [0.15, 0.2) is 54.6 Å². The van der Waals surface area contributed by atoms with E-state index in [2.05, 4.69) is 6.08 Å². The molecule has 0 N–H and O–H groups in total. The highest BCUT2D eigenvalue weighted by Crippen LogP contribution is 2.12. The van der Waals surface area contributed by atoms with Gasteiger partial charge >= 0.3 is 5.97 Å². The quantitative estimate of drug-likeness (QED) is 0.297. The third-order valence-electron chi connectivity index (χ3n) is 2.65. The van der Waals surface area contributed by atoms with E-state index >= 15 is 0 Å². The zero-order valence-corrected chi connectivity index (χ0v) is 13.8. The van der Waals surface area contributed by atoms with Crippen LogP contribution in [0.2, 0.25) is 0 Å². The Kier molecular flexibility index (Phi) is 9.62. The Morgan fingerprint density at radius 1 is 1.23 bits per heavy atom. The number of hydrogen-bond donors (Lipinski definition) is 0. The molecular formula is C18H22O3S. The van der Waals surface area contributed by atoms with E-state index in [0.717, 1.165) is 22.8 Å². The number of benzene rings is 1. The molecule has 118 valence electrons. The minimum atomic E-state index is -0.319. The fraction of sp³-hybridized carbons (Fsp3) is 0.278. The Morgan fingerprint density at radius 3 is 2.68 bits per heavy atom. The van der Waals surface area contributed by atoms with Crippen LogP contribution in [0.5, 0.6) is 5.75 Å². The fourth-order valence-corrected chi connectivity index (χ4v) is 2.14. The van der Waals surface area contributed by atoms with Crippen LogP contribution in [0.25, 0.3) is 6.08 Å². The molecule has 0 unspecified atom stereocenters. The maximum atomic E-state index is 11.5. The summed E-state index contributed by atoms with van der Waals surface area (Å²) < 4.78 is 10.2. The SMILES string of the molecule is C/C=C/C=C/CSCCOC(=O)C=Cc1ccc(OC)cc1. The number of carbonyl (C=O) groups excluding carboxylic acids is 1. The molecule has 0 heterocycles. The Hall–Kier alpha value is -1.94. The Labute approximate surface area is 136 Å². The minimum Gasteiger partial charge on any atom is -0.497 e. The Bertz CT molecular complexity index is 516. The van der Waals surface area contributed by atoms with Crippen molar-refractivity contribution in [3.63, 3.8) is 0 Å². The van der Waals surface area contributed by atoms with Crippen LogP contribution in [-0.4, -0.2) is 31.2 Å². The molecule has 0 spiro atoms. The predicted octanol–water partition coefficient (Wildman–Crippen LogP) is 4.12. The molecule has 0 aliphatic rings. The molecule has 0 fully saturated rings. The van der Waals surface area contributed by atoms with Gasteiger partial charge in [0.15, 0.2) is 0 Å². The van der Waals surface area contributed by atoms with Crippen molar-refractivity contribution in [3.05, 3.63) is 60.2 Å². The van der Waals surface area contributed by atoms with Gasteiger partial charge in [-0.1, -0.05) is 36.4 Å². The van der Waals surface area contributed by atoms with Crippen molar-refractivity contribution in [1.82, 2.24) is 0 Å². The number of thioether (sulfide) groups is 1. The van der Waals surface area contributed by atoms with Crippen molar-refractivity contribution in [2.75, 3.05) is 25.2 Å². The molecular weight excluding hydrogens is 296 g/mol. The van der Waals surface area contributed by atoms with E-state index in [1.165, 1.54) is 6.08 Å². The average molecular weight is 318 g/mol. The predicted molar refractivity (Wildman–Crippen MR) is 94.3 cm³/mol. The van der Waals surface area contributed by atoms with Crippen LogP contribution < -0.4 is 4.74 Å². The lowest BCUT2D eigenvalue weighted by molar-refractivity contribution is -0.137. The van der Waals surface area contributed by atoms with Gasteiger partial charge in [-0.15, -0.1) is 0 Å². The molecule has 0 aliphatic heterocycles. The molecule has 3 nitrogen and oxygen atoms in total.